The Morgan fingerprint density at radius 3 is 2.94 bits per heavy atom. The monoisotopic (exact) mass is 294 g/mol. The van der Waals surface area contributed by atoms with Crippen LogP contribution in [0.2, 0.25) is 0 Å². The molecule has 1 aliphatic rings. The predicted molar refractivity (Wildman–Crippen MR) is 74.3 cm³/mol. The van der Waals surface area contributed by atoms with E-state index in [9.17, 15) is 4.79 Å². The first kappa shape index (κ1) is 12.2. The van der Waals surface area contributed by atoms with Gasteiger partial charge in [-0.15, -0.1) is 6.58 Å². The second-order valence-corrected chi connectivity index (χ2v) is 5.03. The van der Waals surface area contributed by atoms with Crippen LogP contribution in [0, 0.1) is 5.92 Å². The van der Waals surface area contributed by atoms with Gasteiger partial charge in [0.15, 0.2) is 0 Å². The summed E-state index contributed by atoms with van der Waals surface area (Å²) < 4.78 is 0.973. The molecule has 1 saturated heterocycles. The highest BCUT2D eigenvalue weighted by molar-refractivity contribution is 9.10. The summed E-state index contributed by atoms with van der Waals surface area (Å²) >= 11 is 3.44. The number of carbonyl (C=O) groups excluding carboxylic acids is 1. The summed E-state index contributed by atoms with van der Waals surface area (Å²) in [4.78, 5) is 13.8. The van der Waals surface area contributed by atoms with Gasteiger partial charge in [0.2, 0.25) is 5.91 Å². The summed E-state index contributed by atoms with van der Waals surface area (Å²) in [7, 11) is 1.86. The molecule has 1 aromatic carbocycles. The number of rotatable bonds is 3. The Bertz CT molecular complexity index is 459. The molecule has 1 aliphatic heterocycles. The minimum Gasteiger partial charge on any atom is -0.386 e. The summed E-state index contributed by atoms with van der Waals surface area (Å²) in [5, 5.41) is 3.11. The number of hydrogen-bond acceptors (Lipinski definition) is 2. The average Bonchev–Trinajstić information content (AvgIpc) is 2.70. The summed E-state index contributed by atoms with van der Waals surface area (Å²) in [5.41, 5.74) is 1.89. The number of carbonyl (C=O) groups is 1. The molecule has 90 valence electrons. The van der Waals surface area contributed by atoms with Crippen molar-refractivity contribution >= 4 is 33.2 Å². The fraction of sp³-hybridized carbons (Fsp3) is 0.308. The van der Waals surface area contributed by atoms with Gasteiger partial charge in [0.05, 0.1) is 11.4 Å². The zero-order valence-electron chi connectivity index (χ0n) is 9.74. The lowest BCUT2D eigenvalue weighted by molar-refractivity contribution is -0.117. The molecular weight excluding hydrogens is 280 g/mol. The third-order valence-electron chi connectivity index (χ3n) is 3.01. The Morgan fingerprint density at radius 1 is 1.59 bits per heavy atom. The van der Waals surface area contributed by atoms with E-state index in [4.69, 9.17) is 0 Å². The van der Waals surface area contributed by atoms with E-state index >= 15 is 0 Å². The standard InChI is InChI=1S/C13H15BrN2O/c1-3-9-6-13(17)16(8-9)12-7-10(14)4-5-11(12)15-2/h3-5,7,9,15H,1,6,8H2,2H3. The van der Waals surface area contributed by atoms with Crippen molar-refractivity contribution in [2.45, 2.75) is 6.42 Å². The van der Waals surface area contributed by atoms with Crippen molar-refractivity contribution in [3.05, 3.63) is 35.3 Å². The zero-order valence-corrected chi connectivity index (χ0v) is 11.3. The first-order valence-corrected chi connectivity index (χ1v) is 6.35. The highest BCUT2D eigenvalue weighted by atomic mass is 79.9. The normalized spacial score (nSPS) is 19.5. The van der Waals surface area contributed by atoms with Gasteiger partial charge in [-0.1, -0.05) is 22.0 Å². The minimum atomic E-state index is 0.157. The quantitative estimate of drug-likeness (QED) is 0.869. The van der Waals surface area contributed by atoms with Gasteiger partial charge in [-0.05, 0) is 18.2 Å². The van der Waals surface area contributed by atoms with Crippen LogP contribution in [0.3, 0.4) is 0 Å². The van der Waals surface area contributed by atoms with E-state index in [1.807, 2.05) is 36.2 Å². The van der Waals surface area contributed by atoms with Crippen LogP contribution in [-0.4, -0.2) is 19.5 Å². The van der Waals surface area contributed by atoms with Gasteiger partial charge in [0, 0.05) is 30.4 Å². The fourth-order valence-corrected chi connectivity index (χ4v) is 2.41. The van der Waals surface area contributed by atoms with E-state index in [1.54, 1.807) is 0 Å². The highest BCUT2D eigenvalue weighted by Crippen LogP contribution is 2.33. The first-order chi connectivity index (χ1) is 8.15. The third kappa shape index (κ3) is 2.36. The maximum atomic E-state index is 12.0. The van der Waals surface area contributed by atoms with Crippen molar-refractivity contribution in [2.75, 3.05) is 23.8 Å². The maximum absolute atomic E-state index is 12.0. The largest absolute Gasteiger partial charge is 0.386 e. The lowest BCUT2D eigenvalue weighted by Gasteiger charge is -2.20. The Kier molecular flexibility index (Phi) is 3.52. The fourth-order valence-electron chi connectivity index (χ4n) is 2.07. The van der Waals surface area contributed by atoms with Gasteiger partial charge in [-0.2, -0.15) is 0 Å². The molecule has 17 heavy (non-hydrogen) atoms. The number of halogens is 1. The molecule has 1 atom stereocenters. The van der Waals surface area contributed by atoms with Crippen LogP contribution in [0.5, 0.6) is 0 Å². The Balaban J connectivity index is 2.36. The Morgan fingerprint density at radius 2 is 2.35 bits per heavy atom. The van der Waals surface area contributed by atoms with E-state index in [2.05, 4.69) is 27.8 Å². The number of anilines is 2. The molecule has 0 aromatic heterocycles. The minimum absolute atomic E-state index is 0.157. The maximum Gasteiger partial charge on any atom is 0.227 e. The second-order valence-electron chi connectivity index (χ2n) is 4.12. The molecule has 1 heterocycles. The molecule has 1 N–H and O–H groups in total. The van der Waals surface area contributed by atoms with Gasteiger partial charge in [-0.3, -0.25) is 4.79 Å². The SMILES string of the molecule is C=CC1CC(=O)N(c2cc(Br)ccc2NC)C1. The van der Waals surface area contributed by atoms with Gasteiger partial charge < -0.3 is 10.2 Å². The Labute approximate surface area is 110 Å². The van der Waals surface area contributed by atoms with Crippen molar-refractivity contribution in [1.82, 2.24) is 0 Å². The lowest BCUT2D eigenvalue weighted by atomic mass is 10.1. The smallest absolute Gasteiger partial charge is 0.227 e. The summed E-state index contributed by atoms with van der Waals surface area (Å²) in [6.07, 6.45) is 2.41. The van der Waals surface area contributed by atoms with Crippen LogP contribution in [0.1, 0.15) is 6.42 Å². The van der Waals surface area contributed by atoms with E-state index in [1.165, 1.54) is 0 Å². The summed E-state index contributed by atoms with van der Waals surface area (Å²) in [6.45, 7) is 4.48. The number of benzene rings is 1. The van der Waals surface area contributed by atoms with E-state index in [0.29, 0.717) is 13.0 Å². The third-order valence-corrected chi connectivity index (χ3v) is 3.50. The molecule has 2 rings (SSSR count). The van der Waals surface area contributed by atoms with E-state index in [-0.39, 0.29) is 11.8 Å². The second kappa shape index (κ2) is 4.92. The van der Waals surface area contributed by atoms with Crippen LogP contribution in [0.15, 0.2) is 35.3 Å². The topological polar surface area (TPSA) is 32.3 Å². The number of hydrogen-bond donors (Lipinski definition) is 1. The number of nitrogens with zero attached hydrogens (tertiary/aromatic N) is 1. The molecule has 1 aromatic rings. The van der Waals surface area contributed by atoms with Crippen molar-refractivity contribution < 1.29 is 4.79 Å². The predicted octanol–water partition coefficient (Wildman–Crippen LogP) is 3.03. The molecule has 1 amide bonds. The van der Waals surface area contributed by atoms with Crippen LogP contribution in [0.25, 0.3) is 0 Å². The summed E-state index contributed by atoms with van der Waals surface area (Å²) in [5.74, 6) is 0.413. The van der Waals surface area contributed by atoms with Crippen LogP contribution in [0.4, 0.5) is 11.4 Å². The summed E-state index contributed by atoms with van der Waals surface area (Å²) in [6, 6.07) is 5.89. The first-order valence-electron chi connectivity index (χ1n) is 5.56. The molecule has 0 spiro atoms. The molecule has 0 radical (unpaired) electrons. The molecule has 0 saturated carbocycles. The van der Waals surface area contributed by atoms with Crippen molar-refractivity contribution in [3.8, 4) is 0 Å². The van der Waals surface area contributed by atoms with Gasteiger partial charge in [0.1, 0.15) is 0 Å². The molecule has 4 heteroatoms. The van der Waals surface area contributed by atoms with Gasteiger partial charge >= 0.3 is 0 Å². The lowest BCUT2D eigenvalue weighted by Crippen LogP contribution is -2.25. The Hall–Kier alpha value is -1.29. The molecular formula is C13H15BrN2O. The van der Waals surface area contributed by atoms with Crippen LogP contribution >= 0.6 is 15.9 Å². The van der Waals surface area contributed by atoms with E-state index < -0.39 is 0 Å². The van der Waals surface area contributed by atoms with Crippen molar-refractivity contribution in [2.24, 2.45) is 5.92 Å². The van der Waals surface area contributed by atoms with Crippen molar-refractivity contribution in [1.29, 1.82) is 0 Å². The molecule has 1 fully saturated rings. The van der Waals surface area contributed by atoms with Crippen LogP contribution < -0.4 is 10.2 Å². The molecule has 0 bridgehead atoms. The molecule has 3 nitrogen and oxygen atoms in total. The highest BCUT2D eigenvalue weighted by Gasteiger charge is 2.29. The molecule has 1 unspecified atom stereocenters. The number of nitrogens with one attached hydrogen (secondary N) is 1. The van der Waals surface area contributed by atoms with Crippen LogP contribution in [-0.2, 0) is 4.79 Å². The zero-order chi connectivity index (χ0) is 12.4. The van der Waals surface area contributed by atoms with Gasteiger partial charge in [-0.25, -0.2) is 0 Å². The van der Waals surface area contributed by atoms with Gasteiger partial charge in [0.25, 0.3) is 0 Å². The van der Waals surface area contributed by atoms with Crippen molar-refractivity contribution in [3.63, 3.8) is 0 Å². The molecule has 0 aliphatic carbocycles. The van der Waals surface area contributed by atoms with E-state index in [0.717, 1.165) is 15.8 Å². The average molecular weight is 295 g/mol. The number of amides is 1.